The van der Waals surface area contributed by atoms with E-state index in [0.29, 0.717) is 11.3 Å². The standard InChI is InChI=1S/C29H19N7OS/c37-29(17-4-2-1-3-5-17)33-20-8-19(11-30-12-20)24-10-22-27(15-32-24)35-36-28(22)25-9-21-23(18-6-7-38-16-18)13-31-14-26(21)34-25/h1-16,34H,(H,33,37)(H,35,36). The molecule has 0 spiro atoms. The third-order valence-electron chi connectivity index (χ3n) is 6.41. The van der Waals surface area contributed by atoms with Crippen molar-refractivity contribution in [2.24, 2.45) is 0 Å². The fourth-order valence-electron chi connectivity index (χ4n) is 4.55. The number of rotatable bonds is 5. The highest BCUT2D eigenvalue weighted by Gasteiger charge is 2.16. The Labute approximate surface area is 220 Å². The van der Waals surface area contributed by atoms with E-state index in [1.54, 1.807) is 42.1 Å². The molecule has 38 heavy (non-hydrogen) atoms. The van der Waals surface area contributed by atoms with Crippen molar-refractivity contribution in [3.63, 3.8) is 0 Å². The van der Waals surface area contributed by atoms with Crippen molar-refractivity contribution in [2.45, 2.75) is 0 Å². The highest BCUT2D eigenvalue weighted by atomic mass is 32.1. The van der Waals surface area contributed by atoms with Crippen LogP contribution in [0.4, 0.5) is 5.69 Å². The number of fused-ring (bicyclic) bond motifs is 2. The molecule has 0 radical (unpaired) electrons. The topological polar surface area (TPSA) is 112 Å². The van der Waals surface area contributed by atoms with Crippen molar-refractivity contribution < 1.29 is 4.79 Å². The molecule has 8 nitrogen and oxygen atoms in total. The first kappa shape index (κ1) is 22.1. The van der Waals surface area contributed by atoms with Gasteiger partial charge < -0.3 is 10.3 Å². The van der Waals surface area contributed by atoms with E-state index in [-0.39, 0.29) is 5.91 Å². The van der Waals surface area contributed by atoms with Gasteiger partial charge in [-0.3, -0.25) is 24.8 Å². The second-order valence-electron chi connectivity index (χ2n) is 8.81. The number of aromatic amines is 2. The van der Waals surface area contributed by atoms with Crippen molar-refractivity contribution in [3.05, 3.63) is 102 Å². The summed E-state index contributed by atoms with van der Waals surface area (Å²) >= 11 is 1.66. The predicted octanol–water partition coefficient (Wildman–Crippen LogP) is 6.54. The molecule has 6 heterocycles. The van der Waals surface area contributed by atoms with Crippen molar-refractivity contribution in [3.8, 4) is 33.8 Å². The van der Waals surface area contributed by atoms with Crippen molar-refractivity contribution in [1.29, 1.82) is 0 Å². The van der Waals surface area contributed by atoms with E-state index in [0.717, 1.165) is 55.6 Å². The minimum Gasteiger partial charge on any atom is -0.352 e. The molecule has 0 saturated heterocycles. The van der Waals surface area contributed by atoms with E-state index in [2.05, 4.69) is 58.3 Å². The Balaban J connectivity index is 1.25. The average Bonchev–Trinajstić information content (AvgIpc) is 3.73. The zero-order valence-electron chi connectivity index (χ0n) is 19.8. The quantitative estimate of drug-likeness (QED) is 0.242. The zero-order chi connectivity index (χ0) is 25.5. The van der Waals surface area contributed by atoms with Crippen LogP contribution < -0.4 is 5.32 Å². The van der Waals surface area contributed by atoms with E-state index >= 15 is 0 Å². The van der Waals surface area contributed by atoms with E-state index in [4.69, 9.17) is 0 Å². The zero-order valence-corrected chi connectivity index (χ0v) is 20.7. The normalized spacial score (nSPS) is 11.3. The summed E-state index contributed by atoms with van der Waals surface area (Å²) in [5.41, 5.74) is 8.34. The van der Waals surface area contributed by atoms with Crippen LogP contribution in [0.25, 0.3) is 55.6 Å². The van der Waals surface area contributed by atoms with Gasteiger partial charge in [0.05, 0.1) is 46.7 Å². The molecular weight excluding hydrogens is 494 g/mol. The molecule has 1 aromatic carbocycles. The molecule has 182 valence electrons. The van der Waals surface area contributed by atoms with Gasteiger partial charge in [0.15, 0.2) is 0 Å². The molecule has 0 bridgehead atoms. The number of hydrogen-bond acceptors (Lipinski definition) is 6. The number of nitrogens with one attached hydrogen (secondary N) is 3. The molecule has 1 amide bonds. The Morgan fingerprint density at radius 3 is 2.61 bits per heavy atom. The summed E-state index contributed by atoms with van der Waals surface area (Å²) in [5.74, 6) is -0.194. The number of benzene rings is 1. The molecule has 0 aliphatic heterocycles. The molecule has 6 aromatic heterocycles. The molecule has 0 aliphatic rings. The third-order valence-corrected chi connectivity index (χ3v) is 7.09. The van der Waals surface area contributed by atoms with Gasteiger partial charge >= 0.3 is 0 Å². The van der Waals surface area contributed by atoms with Crippen LogP contribution in [-0.4, -0.2) is 36.0 Å². The Morgan fingerprint density at radius 1 is 0.842 bits per heavy atom. The SMILES string of the molecule is O=C(Nc1cncc(-c2cc3c(-c4cc5c(-c6ccsc6)cncc5[nH]4)n[nH]c3cn2)c1)c1ccccc1. The number of amides is 1. The maximum atomic E-state index is 12.6. The van der Waals surface area contributed by atoms with E-state index in [1.165, 1.54) is 0 Å². The molecule has 9 heteroatoms. The monoisotopic (exact) mass is 513 g/mol. The fourth-order valence-corrected chi connectivity index (χ4v) is 5.20. The predicted molar refractivity (Wildman–Crippen MR) is 150 cm³/mol. The van der Waals surface area contributed by atoms with Crippen LogP contribution in [0.5, 0.6) is 0 Å². The highest BCUT2D eigenvalue weighted by Crippen LogP contribution is 2.35. The van der Waals surface area contributed by atoms with Gasteiger partial charge in [-0.1, -0.05) is 18.2 Å². The fraction of sp³-hybridized carbons (Fsp3) is 0. The molecule has 7 rings (SSSR count). The summed E-state index contributed by atoms with van der Waals surface area (Å²) in [6, 6.07) is 17.1. The number of aromatic nitrogens is 6. The average molecular weight is 514 g/mol. The number of carbonyl (C=O) groups excluding carboxylic acids is 1. The van der Waals surface area contributed by atoms with E-state index in [1.807, 2.05) is 42.7 Å². The maximum absolute atomic E-state index is 12.6. The number of nitrogens with zero attached hydrogens (tertiary/aromatic N) is 4. The Bertz CT molecular complexity index is 1920. The number of carbonyl (C=O) groups is 1. The van der Waals surface area contributed by atoms with Crippen molar-refractivity contribution >= 4 is 44.7 Å². The summed E-state index contributed by atoms with van der Waals surface area (Å²) in [6.07, 6.45) is 8.83. The van der Waals surface area contributed by atoms with Gasteiger partial charge in [0, 0.05) is 39.9 Å². The maximum Gasteiger partial charge on any atom is 0.255 e. The summed E-state index contributed by atoms with van der Waals surface area (Å²) in [4.78, 5) is 29.4. The van der Waals surface area contributed by atoms with Crippen molar-refractivity contribution in [1.82, 2.24) is 30.1 Å². The van der Waals surface area contributed by atoms with Crippen LogP contribution >= 0.6 is 11.3 Å². The van der Waals surface area contributed by atoms with Crippen LogP contribution in [0.15, 0.2) is 96.3 Å². The van der Waals surface area contributed by atoms with Crippen LogP contribution in [-0.2, 0) is 0 Å². The van der Waals surface area contributed by atoms with Gasteiger partial charge in [0.2, 0.25) is 0 Å². The minimum absolute atomic E-state index is 0.194. The Morgan fingerprint density at radius 2 is 1.74 bits per heavy atom. The van der Waals surface area contributed by atoms with Crippen LogP contribution in [0.2, 0.25) is 0 Å². The Hall–Kier alpha value is -5.15. The number of H-pyrrole nitrogens is 2. The van der Waals surface area contributed by atoms with Gasteiger partial charge in [-0.25, -0.2) is 0 Å². The largest absolute Gasteiger partial charge is 0.352 e. The van der Waals surface area contributed by atoms with Gasteiger partial charge in [0.25, 0.3) is 5.91 Å². The lowest BCUT2D eigenvalue weighted by molar-refractivity contribution is 0.102. The lowest BCUT2D eigenvalue weighted by Crippen LogP contribution is -2.11. The molecular formula is C29H19N7OS. The summed E-state index contributed by atoms with van der Waals surface area (Å²) in [7, 11) is 0. The third kappa shape index (κ3) is 3.91. The summed E-state index contributed by atoms with van der Waals surface area (Å²) in [5, 5.41) is 16.8. The summed E-state index contributed by atoms with van der Waals surface area (Å²) in [6.45, 7) is 0. The molecule has 0 aliphatic carbocycles. The first-order valence-corrected chi connectivity index (χ1v) is 12.8. The number of thiophene rings is 1. The van der Waals surface area contributed by atoms with Crippen molar-refractivity contribution in [2.75, 3.05) is 5.32 Å². The first-order chi connectivity index (χ1) is 18.7. The minimum atomic E-state index is -0.194. The molecule has 0 saturated carbocycles. The smallest absolute Gasteiger partial charge is 0.255 e. The van der Waals surface area contributed by atoms with E-state index in [9.17, 15) is 4.79 Å². The van der Waals surface area contributed by atoms with Crippen LogP contribution in [0.3, 0.4) is 0 Å². The van der Waals surface area contributed by atoms with Gasteiger partial charge in [-0.2, -0.15) is 16.4 Å². The molecule has 7 aromatic rings. The lowest BCUT2D eigenvalue weighted by Gasteiger charge is -2.07. The first-order valence-electron chi connectivity index (χ1n) is 11.9. The van der Waals surface area contributed by atoms with E-state index < -0.39 is 0 Å². The molecule has 3 N–H and O–H groups in total. The van der Waals surface area contributed by atoms with Gasteiger partial charge in [-0.05, 0) is 52.7 Å². The molecule has 0 atom stereocenters. The van der Waals surface area contributed by atoms with Crippen LogP contribution in [0.1, 0.15) is 10.4 Å². The van der Waals surface area contributed by atoms with Crippen LogP contribution in [0, 0.1) is 0 Å². The lowest BCUT2D eigenvalue weighted by atomic mass is 10.1. The van der Waals surface area contributed by atoms with Gasteiger partial charge in [-0.15, -0.1) is 0 Å². The summed E-state index contributed by atoms with van der Waals surface area (Å²) < 4.78 is 0. The second kappa shape index (κ2) is 9.06. The molecule has 0 fully saturated rings. The highest BCUT2D eigenvalue weighted by molar-refractivity contribution is 7.08. The number of anilines is 1. The molecule has 0 unspecified atom stereocenters. The Kier molecular flexibility index (Phi) is 5.26. The number of hydrogen-bond donors (Lipinski definition) is 3. The van der Waals surface area contributed by atoms with Gasteiger partial charge in [0.1, 0.15) is 5.69 Å². The number of pyridine rings is 3. The second-order valence-corrected chi connectivity index (χ2v) is 9.59.